The Labute approximate surface area is 137 Å². The van der Waals surface area contributed by atoms with Crippen molar-refractivity contribution >= 4 is 23.3 Å². The molecule has 120 valence electrons. The molecule has 3 rings (SSSR count). The number of H-pyrrole nitrogens is 1. The van der Waals surface area contributed by atoms with Crippen LogP contribution >= 0.6 is 11.6 Å². The highest BCUT2D eigenvalue weighted by atomic mass is 35.5. The van der Waals surface area contributed by atoms with Crippen LogP contribution in [-0.2, 0) is 0 Å². The molecule has 2 aromatic heterocycles. The molecule has 1 unspecified atom stereocenters. The molecule has 1 fully saturated rings. The van der Waals surface area contributed by atoms with Crippen LogP contribution < -0.4 is 15.8 Å². The van der Waals surface area contributed by atoms with Crippen LogP contribution in [-0.4, -0.2) is 40.0 Å². The molecule has 1 amide bonds. The summed E-state index contributed by atoms with van der Waals surface area (Å²) in [5.74, 6) is 0.164. The van der Waals surface area contributed by atoms with Gasteiger partial charge in [-0.25, -0.2) is 4.98 Å². The van der Waals surface area contributed by atoms with Crippen LogP contribution in [0.3, 0.4) is 0 Å². The molecular formula is C15H16ClN5O2. The van der Waals surface area contributed by atoms with Crippen LogP contribution in [0.4, 0.5) is 5.82 Å². The highest BCUT2D eigenvalue weighted by Gasteiger charge is 2.24. The lowest BCUT2D eigenvalue weighted by Gasteiger charge is -2.33. The maximum Gasteiger partial charge on any atom is 0.290 e. The molecule has 23 heavy (non-hydrogen) atoms. The summed E-state index contributed by atoms with van der Waals surface area (Å²) in [6.07, 6.45) is 7.73. The van der Waals surface area contributed by atoms with Gasteiger partial charge in [0, 0.05) is 43.9 Å². The fourth-order valence-electron chi connectivity index (χ4n) is 2.66. The third kappa shape index (κ3) is 3.68. The molecule has 0 aromatic carbocycles. The van der Waals surface area contributed by atoms with E-state index in [-0.39, 0.29) is 17.5 Å². The van der Waals surface area contributed by atoms with Gasteiger partial charge in [0.05, 0.1) is 10.6 Å². The molecule has 0 radical (unpaired) electrons. The van der Waals surface area contributed by atoms with Crippen molar-refractivity contribution in [3.63, 3.8) is 0 Å². The van der Waals surface area contributed by atoms with E-state index < -0.39 is 0 Å². The molecule has 1 aliphatic heterocycles. The van der Waals surface area contributed by atoms with Crippen molar-refractivity contribution < 1.29 is 4.79 Å². The van der Waals surface area contributed by atoms with Gasteiger partial charge in [-0.2, -0.15) is 0 Å². The van der Waals surface area contributed by atoms with E-state index in [9.17, 15) is 9.59 Å². The molecule has 1 saturated heterocycles. The quantitative estimate of drug-likeness (QED) is 0.881. The number of aromatic nitrogens is 3. The molecule has 0 bridgehead atoms. The highest BCUT2D eigenvalue weighted by molar-refractivity contribution is 6.30. The first kappa shape index (κ1) is 15.5. The van der Waals surface area contributed by atoms with Crippen molar-refractivity contribution in [2.45, 2.75) is 18.9 Å². The zero-order valence-electron chi connectivity index (χ0n) is 12.3. The number of anilines is 1. The van der Waals surface area contributed by atoms with E-state index in [1.54, 1.807) is 12.3 Å². The average molecular weight is 334 g/mol. The predicted octanol–water partition coefficient (Wildman–Crippen LogP) is 1.22. The van der Waals surface area contributed by atoms with Gasteiger partial charge in [-0.05, 0) is 18.9 Å². The second kappa shape index (κ2) is 6.78. The van der Waals surface area contributed by atoms with Crippen LogP contribution in [0, 0.1) is 0 Å². The maximum atomic E-state index is 12.3. The fraction of sp³-hybridized carbons (Fsp3) is 0.333. The van der Waals surface area contributed by atoms with E-state index in [2.05, 4.69) is 20.3 Å². The Balaban J connectivity index is 1.68. The Hall–Kier alpha value is -2.41. The van der Waals surface area contributed by atoms with Crippen LogP contribution in [0.5, 0.6) is 0 Å². The Bertz CT molecular complexity index is 763. The lowest BCUT2D eigenvalue weighted by molar-refractivity contribution is 0.0932. The molecule has 0 saturated carbocycles. The number of piperidine rings is 1. The third-order valence-electron chi connectivity index (χ3n) is 3.71. The number of nitrogens with one attached hydrogen (secondary N) is 2. The topological polar surface area (TPSA) is 91.0 Å². The van der Waals surface area contributed by atoms with Crippen molar-refractivity contribution in [3.05, 3.63) is 51.8 Å². The molecule has 2 N–H and O–H groups in total. The van der Waals surface area contributed by atoms with Gasteiger partial charge < -0.3 is 15.2 Å². The monoisotopic (exact) mass is 333 g/mol. The molecule has 1 atom stereocenters. The summed E-state index contributed by atoms with van der Waals surface area (Å²) in [6.45, 7) is 1.28. The Morgan fingerprint density at radius 1 is 1.43 bits per heavy atom. The van der Waals surface area contributed by atoms with Crippen molar-refractivity contribution in [1.82, 2.24) is 20.3 Å². The normalized spacial score (nSPS) is 17.8. The summed E-state index contributed by atoms with van der Waals surface area (Å²) >= 11 is 5.86. The SMILES string of the molecule is O=C(NC1CCCN(c2ncc[nH]c2=O)C1)c1cncc(Cl)c1. The summed E-state index contributed by atoms with van der Waals surface area (Å²) in [5.41, 5.74) is 0.198. The molecule has 0 spiro atoms. The molecule has 2 aromatic rings. The largest absolute Gasteiger partial charge is 0.350 e. The number of halogens is 1. The smallest absolute Gasteiger partial charge is 0.290 e. The first-order valence-electron chi connectivity index (χ1n) is 7.33. The van der Waals surface area contributed by atoms with E-state index in [0.717, 1.165) is 19.4 Å². The van der Waals surface area contributed by atoms with Gasteiger partial charge >= 0.3 is 0 Å². The number of hydrogen-bond donors (Lipinski definition) is 2. The molecule has 8 heteroatoms. The predicted molar refractivity (Wildman–Crippen MR) is 86.8 cm³/mol. The summed E-state index contributed by atoms with van der Waals surface area (Å²) in [4.78, 5) is 36.6. The molecule has 0 aliphatic carbocycles. The maximum absolute atomic E-state index is 12.3. The average Bonchev–Trinajstić information content (AvgIpc) is 2.55. The van der Waals surface area contributed by atoms with E-state index in [0.29, 0.717) is 22.9 Å². The molecule has 7 nitrogen and oxygen atoms in total. The lowest BCUT2D eigenvalue weighted by Crippen LogP contribution is -2.49. The van der Waals surface area contributed by atoms with Crippen LogP contribution in [0.1, 0.15) is 23.2 Å². The van der Waals surface area contributed by atoms with Crippen molar-refractivity contribution in [2.75, 3.05) is 18.0 Å². The fourth-order valence-corrected chi connectivity index (χ4v) is 2.84. The lowest BCUT2D eigenvalue weighted by atomic mass is 10.1. The summed E-state index contributed by atoms with van der Waals surface area (Å²) in [7, 11) is 0. The van der Waals surface area contributed by atoms with Gasteiger partial charge in [0.15, 0.2) is 5.82 Å². The zero-order chi connectivity index (χ0) is 16.2. The van der Waals surface area contributed by atoms with E-state index in [1.165, 1.54) is 18.6 Å². The minimum Gasteiger partial charge on any atom is -0.350 e. The Morgan fingerprint density at radius 3 is 3.09 bits per heavy atom. The van der Waals surface area contributed by atoms with Gasteiger partial charge in [-0.15, -0.1) is 0 Å². The second-order valence-electron chi connectivity index (χ2n) is 5.39. The number of aromatic amines is 1. The number of hydrogen-bond acceptors (Lipinski definition) is 5. The standard InChI is InChI=1S/C15H16ClN5O2/c16-11-6-10(7-17-8-11)14(22)20-12-2-1-5-21(9-12)13-15(23)19-4-3-18-13/h3-4,6-8,12H,1-2,5,9H2,(H,19,23)(H,20,22). The van der Waals surface area contributed by atoms with Crippen LogP contribution in [0.15, 0.2) is 35.6 Å². The van der Waals surface area contributed by atoms with Crippen LogP contribution in [0.25, 0.3) is 0 Å². The number of rotatable bonds is 3. The first-order chi connectivity index (χ1) is 11.1. The summed E-state index contributed by atoms with van der Waals surface area (Å²) in [5, 5.41) is 3.38. The van der Waals surface area contributed by atoms with Crippen molar-refractivity contribution in [1.29, 1.82) is 0 Å². The third-order valence-corrected chi connectivity index (χ3v) is 3.92. The minimum absolute atomic E-state index is 0.0587. The second-order valence-corrected chi connectivity index (χ2v) is 5.83. The summed E-state index contributed by atoms with van der Waals surface area (Å²) in [6, 6.07) is 1.52. The van der Waals surface area contributed by atoms with E-state index in [4.69, 9.17) is 11.6 Å². The van der Waals surface area contributed by atoms with Gasteiger partial charge in [0.1, 0.15) is 0 Å². The highest BCUT2D eigenvalue weighted by Crippen LogP contribution is 2.15. The summed E-state index contributed by atoms with van der Waals surface area (Å²) < 4.78 is 0. The van der Waals surface area contributed by atoms with Crippen molar-refractivity contribution in [2.24, 2.45) is 0 Å². The Morgan fingerprint density at radius 2 is 2.30 bits per heavy atom. The minimum atomic E-state index is -0.224. The molecule has 3 heterocycles. The van der Waals surface area contributed by atoms with Crippen LogP contribution in [0.2, 0.25) is 5.02 Å². The molecule has 1 aliphatic rings. The number of pyridine rings is 1. The number of carbonyl (C=O) groups is 1. The molecular weight excluding hydrogens is 318 g/mol. The van der Waals surface area contributed by atoms with Gasteiger partial charge in [-0.1, -0.05) is 11.6 Å². The van der Waals surface area contributed by atoms with Gasteiger partial charge in [0.2, 0.25) is 0 Å². The first-order valence-corrected chi connectivity index (χ1v) is 7.71. The number of carbonyl (C=O) groups excluding carboxylic acids is 1. The number of amides is 1. The van der Waals surface area contributed by atoms with Gasteiger partial charge in [0.25, 0.3) is 11.5 Å². The van der Waals surface area contributed by atoms with Crippen molar-refractivity contribution in [3.8, 4) is 0 Å². The number of nitrogens with zero attached hydrogens (tertiary/aromatic N) is 3. The van der Waals surface area contributed by atoms with E-state index in [1.807, 2.05) is 4.90 Å². The van der Waals surface area contributed by atoms with Gasteiger partial charge in [-0.3, -0.25) is 14.6 Å². The zero-order valence-corrected chi connectivity index (χ0v) is 13.1. The Kier molecular flexibility index (Phi) is 4.57. The van der Waals surface area contributed by atoms with E-state index >= 15 is 0 Å².